The number of rotatable bonds is 9. The number of fused-ring (bicyclic) bond motifs is 1. The van der Waals surface area contributed by atoms with E-state index in [1.165, 1.54) is 29.2 Å². The number of amides is 1. The van der Waals surface area contributed by atoms with Gasteiger partial charge in [-0.3, -0.25) is 19.7 Å². The highest BCUT2D eigenvalue weighted by atomic mass is 16.6. The largest absolute Gasteiger partial charge is 0.507 e. The fraction of sp³-hybridized carbons (Fsp3) is 0.385. The van der Waals surface area contributed by atoms with Gasteiger partial charge in [-0.25, -0.2) is 0 Å². The van der Waals surface area contributed by atoms with E-state index in [0.29, 0.717) is 48.8 Å². The van der Waals surface area contributed by atoms with Crippen LogP contribution in [-0.2, 0) is 9.59 Å². The number of benzene rings is 2. The minimum absolute atomic E-state index is 0.0617. The molecule has 1 saturated heterocycles. The Hall–Kier alpha value is -3.92. The molecule has 0 unspecified atom stereocenters. The average Bonchev–Trinajstić information content (AvgIpc) is 3.15. The smallest absolute Gasteiger partial charge is 0.295 e. The summed E-state index contributed by atoms with van der Waals surface area (Å²) < 4.78 is 11.1. The van der Waals surface area contributed by atoms with E-state index >= 15 is 0 Å². The second-order valence-electron chi connectivity index (χ2n) is 8.58. The molecule has 10 nitrogen and oxygen atoms in total. The van der Waals surface area contributed by atoms with E-state index in [1.807, 2.05) is 0 Å². The molecule has 190 valence electrons. The maximum Gasteiger partial charge on any atom is 0.295 e. The minimum Gasteiger partial charge on any atom is -0.507 e. The number of ketones is 1. The van der Waals surface area contributed by atoms with Crippen molar-refractivity contribution in [2.75, 3.05) is 39.4 Å². The van der Waals surface area contributed by atoms with E-state index in [1.54, 1.807) is 18.2 Å². The number of carbonyl (C=O) groups excluding carboxylic acids is 2. The lowest BCUT2D eigenvalue weighted by atomic mass is 9.95. The molecule has 0 bridgehead atoms. The molecule has 0 aliphatic carbocycles. The highest BCUT2D eigenvalue weighted by molar-refractivity contribution is 6.46. The van der Waals surface area contributed by atoms with Crippen LogP contribution in [0.15, 0.2) is 48.0 Å². The quantitative estimate of drug-likeness (QED) is 0.184. The summed E-state index contributed by atoms with van der Waals surface area (Å²) in [5, 5.41) is 22.4. The summed E-state index contributed by atoms with van der Waals surface area (Å²) in [6.45, 7) is 7.65. The molecule has 36 heavy (non-hydrogen) atoms. The molecule has 1 fully saturated rings. The number of hydrogen-bond acceptors (Lipinski definition) is 8. The van der Waals surface area contributed by atoms with Crippen LogP contribution in [0.4, 0.5) is 5.69 Å². The number of likely N-dealkylation sites (tertiary alicyclic amines) is 1. The van der Waals surface area contributed by atoms with Crippen LogP contribution in [0.1, 0.15) is 37.4 Å². The Balaban J connectivity index is 1.74. The average molecular weight is 496 g/mol. The number of carbonyl (C=O) groups is 2. The number of ether oxygens (including phenoxy) is 2. The summed E-state index contributed by atoms with van der Waals surface area (Å²) in [6, 6.07) is 9.63. The van der Waals surface area contributed by atoms with E-state index in [0.717, 1.165) is 19.6 Å². The zero-order valence-electron chi connectivity index (χ0n) is 20.3. The summed E-state index contributed by atoms with van der Waals surface area (Å²) in [5.74, 6) is -0.877. The summed E-state index contributed by atoms with van der Waals surface area (Å²) in [5.41, 5.74) is 0.645. The molecule has 0 radical (unpaired) electrons. The van der Waals surface area contributed by atoms with Gasteiger partial charge in [0.25, 0.3) is 17.4 Å². The lowest BCUT2D eigenvalue weighted by Gasteiger charge is -2.27. The van der Waals surface area contributed by atoms with Crippen molar-refractivity contribution in [2.24, 2.45) is 0 Å². The molecule has 2 heterocycles. The van der Waals surface area contributed by atoms with Crippen molar-refractivity contribution in [1.29, 1.82) is 0 Å². The number of nitrogens with zero attached hydrogens (tertiary/aromatic N) is 3. The Labute approximate surface area is 208 Å². The summed E-state index contributed by atoms with van der Waals surface area (Å²) in [7, 11) is 0. The molecule has 0 aromatic heterocycles. The van der Waals surface area contributed by atoms with Gasteiger partial charge in [-0.2, -0.15) is 0 Å². The normalized spacial score (nSPS) is 18.6. The predicted molar refractivity (Wildman–Crippen MR) is 132 cm³/mol. The van der Waals surface area contributed by atoms with Crippen molar-refractivity contribution in [3.8, 4) is 11.5 Å². The molecule has 2 aromatic carbocycles. The number of aliphatic hydroxyl groups is 1. The van der Waals surface area contributed by atoms with Crippen molar-refractivity contribution in [1.82, 2.24) is 9.80 Å². The second kappa shape index (κ2) is 10.8. The Kier molecular flexibility index (Phi) is 7.54. The van der Waals surface area contributed by atoms with Gasteiger partial charge in [-0.15, -0.1) is 0 Å². The van der Waals surface area contributed by atoms with Crippen LogP contribution >= 0.6 is 0 Å². The third-order valence-electron chi connectivity index (χ3n) is 6.54. The van der Waals surface area contributed by atoms with Crippen LogP contribution in [0.5, 0.6) is 11.5 Å². The minimum atomic E-state index is -0.879. The van der Waals surface area contributed by atoms with Gasteiger partial charge in [0.2, 0.25) is 0 Å². The summed E-state index contributed by atoms with van der Waals surface area (Å²) in [6.07, 6.45) is 0.627. The van der Waals surface area contributed by atoms with Gasteiger partial charge in [-0.05, 0) is 62.0 Å². The Morgan fingerprint density at radius 2 is 1.75 bits per heavy atom. The molecule has 1 amide bonds. The van der Waals surface area contributed by atoms with Crippen molar-refractivity contribution >= 4 is 23.1 Å². The summed E-state index contributed by atoms with van der Waals surface area (Å²) >= 11 is 0. The van der Waals surface area contributed by atoms with Gasteiger partial charge in [0, 0.05) is 24.2 Å². The predicted octanol–water partition coefficient (Wildman–Crippen LogP) is 3.52. The SMILES string of the molecule is CCN(CC)CCCN1C(=O)C(=O)C(=C(O)c2ccc3c(c2)OCCO3)[C@H]1c1ccc([N+](=O)[O-])cc1. The maximum atomic E-state index is 13.2. The Bertz CT molecular complexity index is 1190. The van der Waals surface area contributed by atoms with Crippen molar-refractivity contribution in [3.63, 3.8) is 0 Å². The molecule has 1 N–H and O–H groups in total. The second-order valence-corrected chi connectivity index (χ2v) is 8.58. The van der Waals surface area contributed by atoms with Crippen LogP contribution in [0.3, 0.4) is 0 Å². The van der Waals surface area contributed by atoms with Crippen LogP contribution in [0.2, 0.25) is 0 Å². The van der Waals surface area contributed by atoms with Crippen molar-refractivity contribution in [3.05, 3.63) is 69.3 Å². The first-order valence-corrected chi connectivity index (χ1v) is 12.0. The first-order chi connectivity index (χ1) is 17.3. The maximum absolute atomic E-state index is 13.2. The molecular formula is C26H29N3O7. The Morgan fingerprint density at radius 1 is 1.08 bits per heavy atom. The third kappa shape index (κ3) is 4.90. The number of Topliss-reactive ketones (excluding diaryl/α,β-unsaturated/α-hetero) is 1. The first kappa shape index (κ1) is 25.2. The van der Waals surface area contributed by atoms with Gasteiger partial charge in [0.1, 0.15) is 19.0 Å². The van der Waals surface area contributed by atoms with Gasteiger partial charge in [0.15, 0.2) is 11.5 Å². The lowest BCUT2D eigenvalue weighted by molar-refractivity contribution is -0.384. The van der Waals surface area contributed by atoms with E-state index in [-0.39, 0.29) is 17.0 Å². The molecular weight excluding hydrogens is 466 g/mol. The van der Waals surface area contributed by atoms with Crippen LogP contribution in [0.25, 0.3) is 5.76 Å². The van der Waals surface area contributed by atoms with Gasteiger partial charge < -0.3 is 24.4 Å². The fourth-order valence-corrected chi connectivity index (χ4v) is 4.59. The van der Waals surface area contributed by atoms with E-state index in [9.17, 15) is 24.8 Å². The topological polar surface area (TPSA) is 122 Å². The molecule has 0 spiro atoms. The molecule has 0 saturated carbocycles. The number of nitro benzene ring substituents is 1. The van der Waals surface area contributed by atoms with Crippen molar-refractivity contribution in [2.45, 2.75) is 26.3 Å². The van der Waals surface area contributed by atoms with E-state index in [2.05, 4.69) is 18.7 Å². The van der Waals surface area contributed by atoms with E-state index in [4.69, 9.17) is 9.47 Å². The standard InChI is InChI=1S/C26H29N3O7/c1-3-27(4-2)12-5-13-28-23(17-6-9-19(10-7-17)29(33)34)22(25(31)26(28)32)24(30)18-8-11-20-21(16-18)36-15-14-35-20/h6-11,16,23,30H,3-5,12-15H2,1-2H3/t23-/m1/s1. The Morgan fingerprint density at radius 3 is 2.39 bits per heavy atom. The highest BCUT2D eigenvalue weighted by Gasteiger charge is 2.46. The molecule has 4 rings (SSSR count). The zero-order chi connectivity index (χ0) is 25.8. The van der Waals surface area contributed by atoms with Gasteiger partial charge in [0.05, 0.1) is 16.5 Å². The summed E-state index contributed by atoms with van der Waals surface area (Å²) in [4.78, 5) is 40.6. The third-order valence-corrected chi connectivity index (χ3v) is 6.54. The number of nitro groups is 1. The zero-order valence-corrected chi connectivity index (χ0v) is 20.3. The molecule has 10 heteroatoms. The molecule has 1 atom stereocenters. The monoisotopic (exact) mass is 495 g/mol. The lowest BCUT2D eigenvalue weighted by Crippen LogP contribution is -2.33. The van der Waals surface area contributed by atoms with Gasteiger partial charge >= 0.3 is 0 Å². The molecule has 2 aromatic rings. The number of hydrogen-bond donors (Lipinski definition) is 1. The first-order valence-electron chi connectivity index (χ1n) is 12.0. The number of non-ortho nitro benzene ring substituents is 1. The highest BCUT2D eigenvalue weighted by Crippen LogP contribution is 2.41. The van der Waals surface area contributed by atoms with Crippen LogP contribution in [-0.4, -0.2) is 70.9 Å². The van der Waals surface area contributed by atoms with Crippen LogP contribution in [0, 0.1) is 10.1 Å². The molecule has 2 aliphatic heterocycles. The fourth-order valence-electron chi connectivity index (χ4n) is 4.59. The molecule has 2 aliphatic rings. The van der Waals surface area contributed by atoms with Crippen molar-refractivity contribution < 1.29 is 29.1 Å². The number of aliphatic hydroxyl groups excluding tert-OH is 1. The van der Waals surface area contributed by atoms with E-state index < -0.39 is 22.7 Å². The van der Waals surface area contributed by atoms with Crippen LogP contribution < -0.4 is 9.47 Å². The van der Waals surface area contributed by atoms with Gasteiger partial charge in [-0.1, -0.05) is 13.8 Å².